The van der Waals surface area contributed by atoms with E-state index in [1.165, 1.54) is 31.2 Å². The van der Waals surface area contributed by atoms with Crippen LogP contribution in [0, 0.1) is 24.5 Å². The Morgan fingerprint density at radius 2 is 1.91 bits per heavy atom. The van der Waals surface area contributed by atoms with Crippen LogP contribution >= 0.6 is 0 Å². The zero-order chi connectivity index (χ0) is 23.7. The van der Waals surface area contributed by atoms with Crippen LogP contribution in [0.15, 0.2) is 47.3 Å². The Bertz CT molecular complexity index is 1250. The van der Waals surface area contributed by atoms with Gasteiger partial charge in [-0.05, 0) is 56.4 Å². The Hall–Kier alpha value is -3.29. The SMILES string of the molecule is Cc1c(C(=O)NC(c2cccc(F)c2)C2CCC2)c2cccc(F)c2c(=O)n1NC[C@H](C)F. The smallest absolute Gasteiger partial charge is 0.279 e. The van der Waals surface area contributed by atoms with Crippen molar-refractivity contribution < 1.29 is 18.0 Å². The van der Waals surface area contributed by atoms with Crippen LogP contribution < -0.4 is 16.3 Å². The van der Waals surface area contributed by atoms with Gasteiger partial charge in [0.2, 0.25) is 0 Å². The van der Waals surface area contributed by atoms with E-state index in [-0.39, 0.29) is 34.5 Å². The van der Waals surface area contributed by atoms with Crippen LogP contribution in [0.2, 0.25) is 0 Å². The number of alkyl halides is 1. The first-order valence-corrected chi connectivity index (χ1v) is 11.1. The first kappa shape index (κ1) is 22.9. The molecule has 1 heterocycles. The van der Waals surface area contributed by atoms with E-state index in [4.69, 9.17) is 0 Å². The lowest BCUT2D eigenvalue weighted by atomic mass is 9.77. The van der Waals surface area contributed by atoms with E-state index in [9.17, 15) is 22.8 Å². The van der Waals surface area contributed by atoms with Gasteiger partial charge >= 0.3 is 0 Å². The molecule has 0 aliphatic heterocycles. The molecular weight excluding hydrogens is 431 g/mol. The number of amides is 1. The number of nitrogens with one attached hydrogen (secondary N) is 2. The van der Waals surface area contributed by atoms with E-state index in [1.54, 1.807) is 19.1 Å². The lowest BCUT2D eigenvalue weighted by molar-refractivity contribution is 0.0900. The van der Waals surface area contributed by atoms with Crippen LogP contribution in [0.4, 0.5) is 13.2 Å². The van der Waals surface area contributed by atoms with Gasteiger partial charge in [-0.3, -0.25) is 9.59 Å². The van der Waals surface area contributed by atoms with Gasteiger partial charge in [0.05, 0.1) is 29.2 Å². The van der Waals surface area contributed by atoms with Crippen molar-refractivity contribution in [3.63, 3.8) is 0 Å². The highest BCUT2D eigenvalue weighted by atomic mass is 19.1. The second kappa shape index (κ2) is 9.29. The van der Waals surface area contributed by atoms with Crippen molar-refractivity contribution >= 4 is 16.7 Å². The monoisotopic (exact) mass is 457 g/mol. The van der Waals surface area contributed by atoms with Crippen molar-refractivity contribution in [2.24, 2.45) is 5.92 Å². The van der Waals surface area contributed by atoms with Crippen molar-refractivity contribution in [3.8, 4) is 0 Å². The molecule has 33 heavy (non-hydrogen) atoms. The second-order valence-electron chi connectivity index (χ2n) is 8.60. The molecule has 4 rings (SSSR count). The molecule has 1 aliphatic rings. The quantitative estimate of drug-likeness (QED) is 0.538. The topological polar surface area (TPSA) is 63.1 Å². The van der Waals surface area contributed by atoms with Crippen LogP contribution in [-0.2, 0) is 0 Å². The molecule has 3 aromatic rings. The van der Waals surface area contributed by atoms with E-state index in [0.717, 1.165) is 30.0 Å². The van der Waals surface area contributed by atoms with Crippen LogP contribution in [0.25, 0.3) is 10.8 Å². The number of fused-ring (bicyclic) bond motifs is 1. The largest absolute Gasteiger partial charge is 0.345 e. The summed E-state index contributed by atoms with van der Waals surface area (Å²) in [6, 6.07) is 9.78. The zero-order valence-corrected chi connectivity index (χ0v) is 18.5. The van der Waals surface area contributed by atoms with Gasteiger partial charge in [-0.2, -0.15) is 0 Å². The van der Waals surface area contributed by atoms with Gasteiger partial charge < -0.3 is 10.7 Å². The summed E-state index contributed by atoms with van der Waals surface area (Å²) in [5, 5.41) is 2.92. The fourth-order valence-electron chi connectivity index (χ4n) is 4.37. The third-order valence-electron chi connectivity index (χ3n) is 6.27. The summed E-state index contributed by atoms with van der Waals surface area (Å²) in [4.78, 5) is 26.5. The summed E-state index contributed by atoms with van der Waals surface area (Å²) >= 11 is 0. The van der Waals surface area contributed by atoms with E-state index in [0.29, 0.717) is 5.56 Å². The number of hydrogen-bond acceptors (Lipinski definition) is 3. The third-order valence-corrected chi connectivity index (χ3v) is 6.27. The minimum absolute atomic E-state index is 0.115. The molecular formula is C25H26F3N3O2. The Morgan fingerprint density at radius 3 is 2.55 bits per heavy atom. The molecule has 1 amide bonds. The van der Waals surface area contributed by atoms with Crippen molar-refractivity contribution in [3.05, 3.63) is 81.3 Å². The van der Waals surface area contributed by atoms with E-state index in [2.05, 4.69) is 10.7 Å². The third kappa shape index (κ3) is 4.47. The summed E-state index contributed by atoms with van der Waals surface area (Å²) in [6.45, 7) is 2.69. The van der Waals surface area contributed by atoms with Gasteiger partial charge in [-0.15, -0.1) is 0 Å². The molecule has 0 radical (unpaired) electrons. The maximum Gasteiger partial charge on any atom is 0.279 e. The normalized spacial score (nSPS) is 15.7. The molecule has 174 valence electrons. The Labute approximate surface area is 189 Å². The van der Waals surface area contributed by atoms with Gasteiger partial charge in [0.25, 0.3) is 11.5 Å². The number of carbonyl (C=O) groups excluding carboxylic acids is 1. The Kier molecular flexibility index (Phi) is 6.44. The molecule has 8 heteroatoms. The number of halogens is 3. The molecule has 5 nitrogen and oxygen atoms in total. The molecule has 1 aromatic heterocycles. The molecule has 2 atom stereocenters. The molecule has 0 bridgehead atoms. The predicted octanol–water partition coefficient (Wildman–Crippen LogP) is 4.76. The van der Waals surface area contributed by atoms with Crippen molar-refractivity contribution in [2.45, 2.75) is 45.3 Å². The second-order valence-corrected chi connectivity index (χ2v) is 8.60. The summed E-state index contributed by atoms with van der Waals surface area (Å²) in [5.41, 5.74) is 2.98. The highest BCUT2D eigenvalue weighted by Crippen LogP contribution is 2.38. The van der Waals surface area contributed by atoms with Crippen molar-refractivity contribution in [2.75, 3.05) is 12.0 Å². The predicted molar refractivity (Wildman–Crippen MR) is 122 cm³/mol. The minimum atomic E-state index is -1.26. The highest BCUT2D eigenvalue weighted by molar-refractivity contribution is 6.08. The maximum atomic E-state index is 14.7. The summed E-state index contributed by atoms with van der Waals surface area (Å²) in [7, 11) is 0. The zero-order valence-electron chi connectivity index (χ0n) is 18.5. The molecule has 1 fully saturated rings. The van der Waals surface area contributed by atoms with Crippen LogP contribution in [0.3, 0.4) is 0 Å². The summed E-state index contributed by atoms with van der Waals surface area (Å²) < 4.78 is 43.1. The molecule has 1 saturated carbocycles. The van der Waals surface area contributed by atoms with Crippen molar-refractivity contribution in [1.29, 1.82) is 0 Å². The van der Waals surface area contributed by atoms with Gasteiger partial charge in [0, 0.05) is 5.39 Å². The van der Waals surface area contributed by atoms with Crippen LogP contribution in [0.5, 0.6) is 0 Å². The number of pyridine rings is 1. The Morgan fingerprint density at radius 1 is 1.18 bits per heavy atom. The van der Waals surface area contributed by atoms with E-state index < -0.39 is 35.3 Å². The first-order valence-electron chi connectivity index (χ1n) is 11.1. The average Bonchev–Trinajstić information content (AvgIpc) is 2.71. The standard InChI is InChI=1S/C25H26F3N3O2/c1-14(26)13-29-31-15(2)21(19-10-5-11-20(28)22(19)25(31)33)24(32)30-23(16-6-3-7-16)17-8-4-9-18(27)12-17/h4-5,8-12,14,16,23,29H,3,6-7,13H2,1-2H3,(H,30,32)/t14-,23?/m0/s1. The highest BCUT2D eigenvalue weighted by Gasteiger charge is 2.31. The number of carbonyl (C=O) groups is 1. The maximum absolute atomic E-state index is 14.7. The molecule has 2 aromatic carbocycles. The number of rotatable bonds is 7. The summed E-state index contributed by atoms with van der Waals surface area (Å²) in [5.74, 6) is -1.52. The number of aromatic nitrogens is 1. The van der Waals surface area contributed by atoms with Crippen LogP contribution in [0.1, 0.15) is 53.8 Å². The average molecular weight is 457 g/mol. The molecule has 2 N–H and O–H groups in total. The summed E-state index contributed by atoms with van der Waals surface area (Å²) in [6.07, 6.45) is 1.55. The lowest BCUT2D eigenvalue weighted by Crippen LogP contribution is -2.39. The van der Waals surface area contributed by atoms with Gasteiger partial charge in [-0.1, -0.05) is 30.7 Å². The Balaban J connectivity index is 1.81. The van der Waals surface area contributed by atoms with Gasteiger partial charge in [0.1, 0.15) is 17.8 Å². The number of benzene rings is 2. The molecule has 1 aliphatic carbocycles. The lowest BCUT2D eigenvalue weighted by Gasteiger charge is -2.35. The van der Waals surface area contributed by atoms with E-state index in [1.807, 2.05) is 0 Å². The molecule has 0 spiro atoms. The molecule has 0 saturated heterocycles. The number of hydrogen-bond donors (Lipinski definition) is 2. The molecule has 1 unspecified atom stereocenters. The van der Waals surface area contributed by atoms with Crippen LogP contribution in [-0.4, -0.2) is 23.3 Å². The van der Waals surface area contributed by atoms with E-state index >= 15 is 0 Å². The number of nitrogens with zero attached hydrogens (tertiary/aromatic N) is 1. The fourth-order valence-corrected chi connectivity index (χ4v) is 4.37. The van der Waals surface area contributed by atoms with Crippen molar-refractivity contribution in [1.82, 2.24) is 9.99 Å². The fraction of sp³-hybridized carbons (Fsp3) is 0.360. The van der Waals surface area contributed by atoms with Gasteiger partial charge in [0.15, 0.2) is 0 Å². The first-order chi connectivity index (χ1) is 15.8. The minimum Gasteiger partial charge on any atom is -0.345 e. The van der Waals surface area contributed by atoms with Gasteiger partial charge in [-0.25, -0.2) is 17.8 Å².